The number of halogens is 1. The third kappa shape index (κ3) is 5.96. The fraction of sp³-hybridized carbons (Fsp3) is 0.333. The highest BCUT2D eigenvalue weighted by Crippen LogP contribution is 2.42. The summed E-state index contributed by atoms with van der Waals surface area (Å²) in [5, 5.41) is 29.4. The van der Waals surface area contributed by atoms with Gasteiger partial charge in [0, 0.05) is 17.5 Å². The van der Waals surface area contributed by atoms with Crippen molar-refractivity contribution in [3.05, 3.63) is 82.2 Å². The van der Waals surface area contributed by atoms with Gasteiger partial charge in [-0.1, -0.05) is 44.7 Å². The number of aromatic nitrogens is 2. The van der Waals surface area contributed by atoms with Gasteiger partial charge in [0.2, 0.25) is 0 Å². The predicted molar refractivity (Wildman–Crippen MR) is 143 cm³/mol. The molecular formula is C30H30FN3O4. The Morgan fingerprint density at radius 1 is 1.21 bits per heavy atom. The Hall–Kier alpha value is -3.93. The molecule has 4 rings (SSSR count). The summed E-state index contributed by atoms with van der Waals surface area (Å²) in [5.74, 6) is -1.15. The van der Waals surface area contributed by atoms with Gasteiger partial charge in [-0.3, -0.25) is 9.78 Å². The summed E-state index contributed by atoms with van der Waals surface area (Å²) in [6, 6.07) is 8.10. The van der Waals surface area contributed by atoms with Crippen LogP contribution in [0.4, 0.5) is 10.2 Å². The molecule has 0 aliphatic heterocycles. The second kappa shape index (κ2) is 11.6. The zero-order valence-corrected chi connectivity index (χ0v) is 21.4. The van der Waals surface area contributed by atoms with Crippen LogP contribution in [-0.2, 0) is 17.6 Å². The first-order valence-electron chi connectivity index (χ1n) is 12.6. The summed E-state index contributed by atoms with van der Waals surface area (Å²) in [6.45, 7) is 11.4. The van der Waals surface area contributed by atoms with Gasteiger partial charge in [0.05, 0.1) is 30.0 Å². The van der Waals surface area contributed by atoms with Crippen LogP contribution in [0.1, 0.15) is 61.4 Å². The van der Waals surface area contributed by atoms with Crippen molar-refractivity contribution in [2.75, 3.05) is 0 Å². The maximum atomic E-state index is 13.9. The molecule has 0 saturated heterocycles. The van der Waals surface area contributed by atoms with Crippen LogP contribution >= 0.6 is 0 Å². The fourth-order valence-electron chi connectivity index (χ4n) is 4.95. The van der Waals surface area contributed by atoms with E-state index in [1.807, 2.05) is 19.9 Å². The number of rotatable bonds is 8. The number of aryl methyl sites for hydroxylation is 1. The van der Waals surface area contributed by atoms with E-state index in [9.17, 15) is 19.4 Å². The quantitative estimate of drug-likeness (QED) is 0.332. The number of benzene rings is 1. The molecule has 0 saturated carbocycles. The molecule has 7 nitrogen and oxygen atoms in total. The lowest BCUT2D eigenvalue weighted by molar-refractivity contribution is -0.139. The van der Waals surface area contributed by atoms with Crippen molar-refractivity contribution in [1.82, 2.24) is 9.97 Å². The highest BCUT2D eigenvalue weighted by atomic mass is 19.1. The van der Waals surface area contributed by atoms with Crippen molar-refractivity contribution < 1.29 is 24.5 Å². The normalized spacial score (nSPS) is 14.4. The third-order valence-electron chi connectivity index (χ3n) is 6.67. The van der Waals surface area contributed by atoms with Crippen LogP contribution in [0.5, 0.6) is 0 Å². The van der Waals surface area contributed by atoms with Crippen molar-refractivity contribution >= 4 is 17.9 Å². The Morgan fingerprint density at radius 2 is 1.95 bits per heavy atom. The molecule has 2 aromatic heterocycles. The van der Waals surface area contributed by atoms with Gasteiger partial charge in [-0.15, -0.1) is 4.98 Å². The number of hydrogen-bond donors (Lipinski definition) is 3. The predicted octanol–water partition coefficient (Wildman–Crippen LogP) is 5.71. The number of nitrogens with zero attached hydrogens (tertiary/aromatic N) is 3. The SMILES string of the molecule is [C-]#[N+]c1cc2c(cn1)-c1nc(C(C)C)c(/C=C/[C@@H](O)C[C@@H](O)CC(=O)O)c(-c3ccc(F)cc3)c1CCC2. The van der Waals surface area contributed by atoms with Crippen molar-refractivity contribution in [3.8, 4) is 22.4 Å². The van der Waals surface area contributed by atoms with E-state index in [0.29, 0.717) is 12.2 Å². The minimum Gasteiger partial charge on any atom is -0.481 e. The van der Waals surface area contributed by atoms with E-state index in [2.05, 4.69) is 9.83 Å². The Bertz CT molecular complexity index is 1410. The molecule has 1 aliphatic carbocycles. The molecule has 8 heteroatoms. The first-order valence-corrected chi connectivity index (χ1v) is 12.6. The largest absolute Gasteiger partial charge is 0.481 e. The minimum absolute atomic E-state index is 0.00364. The molecule has 0 amide bonds. The Morgan fingerprint density at radius 3 is 2.61 bits per heavy atom. The lowest BCUT2D eigenvalue weighted by atomic mass is 9.86. The molecule has 0 fully saturated rings. The highest BCUT2D eigenvalue weighted by Gasteiger charge is 2.26. The molecule has 1 aliphatic rings. The molecule has 0 unspecified atom stereocenters. The number of carbonyl (C=O) groups is 1. The van der Waals surface area contributed by atoms with Crippen molar-refractivity contribution in [2.24, 2.45) is 0 Å². The minimum atomic E-state index is -1.18. The Labute approximate surface area is 221 Å². The van der Waals surface area contributed by atoms with E-state index in [1.54, 1.807) is 30.5 Å². The topological polar surface area (TPSA) is 108 Å². The van der Waals surface area contributed by atoms with Gasteiger partial charge in [0.15, 0.2) is 0 Å². The monoisotopic (exact) mass is 515 g/mol. The number of aliphatic hydroxyl groups excluding tert-OH is 2. The Balaban J connectivity index is 1.92. The van der Waals surface area contributed by atoms with E-state index in [4.69, 9.17) is 16.7 Å². The van der Waals surface area contributed by atoms with Gasteiger partial charge in [0.25, 0.3) is 5.82 Å². The average Bonchev–Trinajstić information content (AvgIpc) is 3.05. The third-order valence-corrected chi connectivity index (χ3v) is 6.67. The van der Waals surface area contributed by atoms with Crippen LogP contribution in [0.25, 0.3) is 33.3 Å². The van der Waals surface area contributed by atoms with E-state index < -0.39 is 24.6 Å². The van der Waals surface area contributed by atoms with Gasteiger partial charge in [-0.05, 0) is 65.6 Å². The summed E-state index contributed by atoms with van der Waals surface area (Å²) in [7, 11) is 0. The van der Waals surface area contributed by atoms with Crippen LogP contribution in [0.15, 0.2) is 42.6 Å². The van der Waals surface area contributed by atoms with Crippen LogP contribution in [0.3, 0.4) is 0 Å². The van der Waals surface area contributed by atoms with Gasteiger partial charge in [-0.2, -0.15) is 0 Å². The smallest absolute Gasteiger partial charge is 0.305 e. The van der Waals surface area contributed by atoms with Gasteiger partial charge in [0.1, 0.15) is 12.0 Å². The van der Waals surface area contributed by atoms with E-state index in [0.717, 1.165) is 57.6 Å². The number of carboxylic acid groups (broad SMARTS) is 1. The molecule has 2 atom stereocenters. The fourth-order valence-corrected chi connectivity index (χ4v) is 4.95. The number of pyridine rings is 2. The maximum absolute atomic E-state index is 13.9. The molecule has 3 aromatic rings. The molecular weight excluding hydrogens is 485 g/mol. The lowest BCUT2D eigenvalue weighted by Crippen LogP contribution is -2.19. The summed E-state index contributed by atoms with van der Waals surface area (Å²) in [5.41, 5.74) is 6.92. The van der Waals surface area contributed by atoms with Gasteiger partial charge in [-0.25, -0.2) is 4.39 Å². The maximum Gasteiger partial charge on any atom is 0.305 e. The van der Waals surface area contributed by atoms with Crippen molar-refractivity contribution in [2.45, 2.75) is 64.1 Å². The molecule has 3 N–H and O–H groups in total. The van der Waals surface area contributed by atoms with Gasteiger partial charge < -0.3 is 20.2 Å². The number of carboxylic acids is 1. The molecule has 196 valence electrons. The standard InChI is InChI=1S/C30H30FN3O4/c1-17(2)29-24(12-11-21(35)14-22(36)15-27(37)38)28(18-7-9-20(31)10-8-18)23-6-4-5-19-13-26(32-3)33-16-25(19)30(23)34-29/h7-13,16-17,21-22,35-36H,4-6,14-15H2,1-2H3,(H,37,38)/b12-11+/t21-,22-/m1/s1. The number of hydrogen-bond acceptors (Lipinski definition) is 5. The molecule has 0 radical (unpaired) electrons. The summed E-state index contributed by atoms with van der Waals surface area (Å²) < 4.78 is 13.9. The van der Waals surface area contributed by atoms with Crippen LogP contribution in [-0.4, -0.2) is 43.5 Å². The molecule has 38 heavy (non-hydrogen) atoms. The first-order chi connectivity index (χ1) is 18.2. The lowest BCUT2D eigenvalue weighted by Gasteiger charge is -2.22. The average molecular weight is 516 g/mol. The number of fused-ring (bicyclic) bond motifs is 3. The zero-order valence-electron chi connectivity index (χ0n) is 21.4. The highest BCUT2D eigenvalue weighted by molar-refractivity contribution is 5.86. The summed E-state index contributed by atoms with van der Waals surface area (Å²) in [6.07, 6.45) is 4.50. The van der Waals surface area contributed by atoms with Crippen molar-refractivity contribution in [3.63, 3.8) is 0 Å². The Kier molecular flexibility index (Phi) is 8.30. The van der Waals surface area contributed by atoms with E-state index in [-0.39, 0.29) is 18.2 Å². The molecule has 2 heterocycles. The zero-order chi connectivity index (χ0) is 27.4. The van der Waals surface area contributed by atoms with E-state index >= 15 is 0 Å². The van der Waals surface area contributed by atoms with E-state index in [1.165, 1.54) is 12.1 Å². The number of aliphatic carboxylic acids is 1. The van der Waals surface area contributed by atoms with Crippen LogP contribution in [0.2, 0.25) is 0 Å². The molecule has 0 bridgehead atoms. The first kappa shape index (κ1) is 27.1. The molecule has 0 spiro atoms. The summed E-state index contributed by atoms with van der Waals surface area (Å²) in [4.78, 5) is 23.8. The second-order valence-corrected chi connectivity index (χ2v) is 9.85. The van der Waals surface area contributed by atoms with Crippen LogP contribution in [0, 0.1) is 12.4 Å². The van der Waals surface area contributed by atoms with Gasteiger partial charge >= 0.3 is 5.97 Å². The van der Waals surface area contributed by atoms with Crippen molar-refractivity contribution in [1.29, 1.82) is 0 Å². The van der Waals surface area contributed by atoms with Crippen LogP contribution < -0.4 is 0 Å². The molecule has 1 aromatic carbocycles. The summed E-state index contributed by atoms with van der Waals surface area (Å²) >= 11 is 0. The number of aliphatic hydroxyl groups is 2. The second-order valence-electron chi connectivity index (χ2n) is 9.85.